The van der Waals surface area contributed by atoms with Crippen molar-refractivity contribution in [3.63, 3.8) is 0 Å². The van der Waals surface area contributed by atoms with Crippen molar-refractivity contribution in [2.75, 3.05) is 13.2 Å². The largest absolute Gasteiger partial charge is 0.462 e. The lowest BCUT2D eigenvalue weighted by Crippen LogP contribution is -2.30. The Bertz CT molecular complexity index is 1340. The molecule has 0 fully saturated rings. The van der Waals surface area contributed by atoms with Crippen LogP contribution in [0.5, 0.6) is 0 Å². The lowest BCUT2D eigenvalue weighted by atomic mass is 10.0. The number of carbonyl (C=O) groups excluding carboxylic acids is 3. The second-order valence-corrected chi connectivity index (χ2v) is 20.6. The van der Waals surface area contributed by atoms with E-state index in [4.69, 9.17) is 14.2 Å². The van der Waals surface area contributed by atoms with Crippen LogP contribution in [0.2, 0.25) is 0 Å². The third-order valence-electron chi connectivity index (χ3n) is 13.4. The Labute approximate surface area is 446 Å². The van der Waals surface area contributed by atoms with Gasteiger partial charge in [0.15, 0.2) is 6.10 Å². The van der Waals surface area contributed by atoms with Crippen LogP contribution in [0.1, 0.15) is 310 Å². The van der Waals surface area contributed by atoms with Crippen molar-refractivity contribution in [2.45, 2.75) is 316 Å². The molecule has 0 aliphatic heterocycles. The molecule has 1 unspecified atom stereocenters. The van der Waals surface area contributed by atoms with Gasteiger partial charge in [0.05, 0.1) is 0 Å². The summed E-state index contributed by atoms with van der Waals surface area (Å²) >= 11 is 0. The van der Waals surface area contributed by atoms with E-state index in [-0.39, 0.29) is 31.1 Å². The van der Waals surface area contributed by atoms with E-state index < -0.39 is 6.10 Å². The molecule has 0 aliphatic rings. The highest BCUT2D eigenvalue weighted by molar-refractivity contribution is 5.71. The number of ether oxygens (including phenoxy) is 3. The van der Waals surface area contributed by atoms with E-state index in [0.29, 0.717) is 19.3 Å². The topological polar surface area (TPSA) is 78.9 Å². The van der Waals surface area contributed by atoms with E-state index in [1.807, 2.05) is 0 Å². The summed E-state index contributed by atoms with van der Waals surface area (Å²) in [6, 6.07) is 0. The van der Waals surface area contributed by atoms with Crippen molar-refractivity contribution < 1.29 is 28.6 Å². The molecule has 0 aromatic heterocycles. The van der Waals surface area contributed by atoms with Crippen LogP contribution in [0.3, 0.4) is 0 Å². The van der Waals surface area contributed by atoms with Crippen LogP contribution in [0.15, 0.2) is 72.9 Å². The maximum atomic E-state index is 12.8. The minimum absolute atomic E-state index is 0.0777. The number of carbonyl (C=O) groups is 3. The summed E-state index contributed by atoms with van der Waals surface area (Å²) in [6.45, 7) is 6.43. The smallest absolute Gasteiger partial charge is 0.306 e. The van der Waals surface area contributed by atoms with Gasteiger partial charge in [0.1, 0.15) is 13.2 Å². The molecule has 0 radical (unpaired) electrons. The molecule has 6 nitrogen and oxygen atoms in total. The van der Waals surface area contributed by atoms with E-state index in [1.165, 1.54) is 161 Å². The highest BCUT2D eigenvalue weighted by Crippen LogP contribution is 2.17. The molecule has 6 heteroatoms. The number of rotatable bonds is 56. The zero-order valence-corrected chi connectivity index (χ0v) is 47.7. The first kappa shape index (κ1) is 68.8. The molecule has 0 N–H and O–H groups in total. The molecule has 0 aromatic carbocycles. The molecule has 0 heterocycles. The van der Waals surface area contributed by atoms with Crippen LogP contribution in [-0.4, -0.2) is 37.2 Å². The van der Waals surface area contributed by atoms with Crippen molar-refractivity contribution in [1.29, 1.82) is 0 Å². The van der Waals surface area contributed by atoms with Crippen LogP contribution in [-0.2, 0) is 28.6 Å². The average Bonchev–Trinajstić information content (AvgIpc) is 3.38. The first-order valence-corrected chi connectivity index (χ1v) is 30.9. The van der Waals surface area contributed by atoms with Crippen LogP contribution in [0.4, 0.5) is 0 Å². The molecule has 0 rings (SSSR count). The van der Waals surface area contributed by atoms with Gasteiger partial charge < -0.3 is 14.2 Å². The Kier molecular flexibility index (Phi) is 57.8. The fraction of sp³-hybridized carbons (Fsp3) is 0.773. The summed E-state index contributed by atoms with van der Waals surface area (Å²) in [4.78, 5) is 38.0. The van der Waals surface area contributed by atoms with Crippen molar-refractivity contribution in [2.24, 2.45) is 0 Å². The molecule has 1 atom stereocenters. The number of unbranched alkanes of at least 4 members (excludes halogenated alkanes) is 33. The zero-order valence-electron chi connectivity index (χ0n) is 47.7. The summed E-state index contributed by atoms with van der Waals surface area (Å²) < 4.78 is 16.8. The van der Waals surface area contributed by atoms with Gasteiger partial charge in [-0.05, 0) is 96.3 Å². The lowest BCUT2D eigenvalue weighted by Gasteiger charge is -2.18. The third kappa shape index (κ3) is 57.7. The number of esters is 3. The highest BCUT2D eigenvalue weighted by Gasteiger charge is 2.19. The average molecular weight is 1010 g/mol. The van der Waals surface area contributed by atoms with Gasteiger partial charge in [0.2, 0.25) is 0 Å². The molecule has 72 heavy (non-hydrogen) atoms. The Morgan fingerprint density at radius 3 is 0.917 bits per heavy atom. The Balaban J connectivity index is 4.00. The summed E-state index contributed by atoms with van der Waals surface area (Å²) in [7, 11) is 0. The Hall–Kier alpha value is -3.15. The van der Waals surface area contributed by atoms with Gasteiger partial charge in [-0.3, -0.25) is 14.4 Å². The fourth-order valence-corrected chi connectivity index (χ4v) is 8.77. The van der Waals surface area contributed by atoms with Crippen LogP contribution >= 0.6 is 0 Å². The van der Waals surface area contributed by atoms with Crippen molar-refractivity contribution in [3.05, 3.63) is 72.9 Å². The summed E-state index contributed by atoms with van der Waals surface area (Å²) in [5.74, 6) is -0.889. The quantitative estimate of drug-likeness (QED) is 0.0261. The minimum Gasteiger partial charge on any atom is -0.462 e. The van der Waals surface area contributed by atoms with E-state index in [2.05, 4.69) is 93.7 Å². The predicted molar refractivity (Wildman–Crippen MR) is 311 cm³/mol. The van der Waals surface area contributed by atoms with E-state index in [9.17, 15) is 14.4 Å². The highest BCUT2D eigenvalue weighted by atomic mass is 16.6. The van der Waals surface area contributed by atoms with Gasteiger partial charge in [0, 0.05) is 19.3 Å². The number of hydrogen-bond acceptors (Lipinski definition) is 6. The number of hydrogen-bond donors (Lipinski definition) is 0. The fourth-order valence-electron chi connectivity index (χ4n) is 8.77. The molecule has 0 bridgehead atoms. The van der Waals surface area contributed by atoms with Crippen molar-refractivity contribution >= 4 is 17.9 Å². The van der Waals surface area contributed by atoms with Gasteiger partial charge in [-0.25, -0.2) is 0 Å². The van der Waals surface area contributed by atoms with Crippen LogP contribution < -0.4 is 0 Å². The minimum atomic E-state index is -0.778. The van der Waals surface area contributed by atoms with E-state index in [1.54, 1.807) is 0 Å². The first-order valence-electron chi connectivity index (χ1n) is 30.9. The molecular formula is C66H116O6. The van der Waals surface area contributed by atoms with Gasteiger partial charge in [-0.15, -0.1) is 0 Å². The second-order valence-electron chi connectivity index (χ2n) is 20.6. The Morgan fingerprint density at radius 2 is 0.569 bits per heavy atom. The Morgan fingerprint density at radius 1 is 0.292 bits per heavy atom. The van der Waals surface area contributed by atoms with Gasteiger partial charge in [0.25, 0.3) is 0 Å². The molecule has 0 amide bonds. The van der Waals surface area contributed by atoms with Crippen LogP contribution in [0, 0.1) is 0 Å². The first-order chi connectivity index (χ1) is 35.5. The molecule has 0 saturated heterocycles. The zero-order chi connectivity index (χ0) is 52.2. The molecular weight excluding hydrogens is 889 g/mol. The van der Waals surface area contributed by atoms with Gasteiger partial charge >= 0.3 is 17.9 Å². The summed E-state index contributed by atoms with van der Waals surface area (Å²) in [5.41, 5.74) is 0. The molecule has 0 saturated carbocycles. The second kappa shape index (κ2) is 60.4. The monoisotopic (exact) mass is 1000 g/mol. The van der Waals surface area contributed by atoms with E-state index >= 15 is 0 Å². The standard InChI is InChI=1S/C66H116O6/c1-4-7-10-13-16-19-22-23-24-25-26-27-28-29-30-31-32-33-34-35-36-37-38-39-40-41-42-43-45-47-50-53-56-59-65(68)71-62-63(61-70-64(67)58-55-52-49-46-21-18-15-12-9-6-3)72-66(69)60-57-54-51-48-44-20-17-14-11-8-5-2/h7,10,12,14-17,19,23-24,26-27,63H,4-6,8-9,11,13,18,20-22,25,28-62H2,1-3H3/b10-7-,15-12-,17-14-,19-16-,24-23-,27-26-. The van der Waals surface area contributed by atoms with Crippen molar-refractivity contribution in [1.82, 2.24) is 0 Å². The SMILES string of the molecule is CC/C=C\C/C=C\C/C=C\C/C=C\CCCCCCCCCCCCCCCCCCCCCCC(=O)OCC(COC(=O)CCCCCCC/C=C\CCC)OC(=O)CCCCCCC/C=C\CCCC. The summed E-state index contributed by atoms with van der Waals surface area (Å²) in [6.07, 6.45) is 78.0. The number of allylic oxidation sites excluding steroid dienone is 12. The maximum Gasteiger partial charge on any atom is 0.306 e. The van der Waals surface area contributed by atoms with Crippen LogP contribution in [0.25, 0.3) is 0 Å². The molecule has 0 spiro atoms. The normalized spacial score (nSPS) is 12.5. The third-order valence-corrected chi connectivity index (χ3v) is 13.4. The molecule has 416 valence electrons. The van der Waals surface area contributed by atoms with E-state index in [0.717, 1.165) is 109 Å². The van der Waals surface area contributed by atoms with Gasteiger partial charge in [-0.1, -0.05) is 267 Å². The van der Waals surface area contributed by atoms with Crippen molar-refractivity contribution in [3.8, 4) is 0 Å². The summed E-state index contributed by atoms with van der Waals surface area (Å²) in [5, 5.41) is 0. The predicted octanol–water partition coefficient (Wildman–Crippen LogP) is 20.9. The maximum absolute atomic E-state index is 12.8. The van der Waals surface area contributed by atoms with Gasteiger partial charge in [-0.2, -0.15) is 0 Å². The molecule has 0 aromatic rings. The lowest BCUT2D eigenvalue weighted by molar-refractivity contribution is -0.167. The molecule has 0 aliphatic carbocycles.